The predicted octanol–water partition coefficient (Wildman–Crippen LogP) is 0.213. The molecule has 0 saturated carbocycles. The first kappa shape index (κ1) is 6.80. The first-order valence-corrected chi connectivity index (χ1v) is 2.84. The van der Waals surface area contributed by atoms with Gasteiger partial charge >= 0.3 is 6.03 Å². The van der Waals surface area contributed by atoms with Crippen molar-refractivity contribution in [1.82, 2.24) is 14.7 Å². The average Bonchev–Trinajstić information content (AvgIpc) is 2.36. The van der Waals surface area contributed by atoms with Gasteiger partial charge in [0.25, 0.3) is 0 Å². The second kappa shape index (κ2) is 2.51. The van der Waals surface area contributed by atoms with Gasteiger partial charge in [0.15, 0.2) is 0 Å². The highest BCUT2D eigenvalue weighted by Gasteiger charge is 2.04. The molecule has 0 unspecified atom stereocenters. The topological polar surface area (TPSA) is 38.1 Å². The molecule has 0 N–H and O–H groups in total. The minimum absolute atomic E-state index is 0.166. The van der Waals surface area contributed by atoms with Gasteiger partial charge in [-0.2, -0.15) is 9.78 Å². The Labute approximate surface area is 59.1 Å². The number of carbonyl (C=O) groups is 1. The zero-order chi connectivity index (χ0) is 7.56. The first-order chi connectivity index (χ1) is 4.72. The van der Waals surface area contributed by atoms with Gasteiger partial charge in [0.1, 0.15) is 0 Å². The van der Waals surface area contributed by atoms with Crippen LogP contribution in [0.1, 0.15) is 0 Å². The van der Waals surface area contributed by atoms with Crippen LogP contribution in [0, 0.1) is 6.07 Å². The Kier molecular flexibility index (Phi) is 1.71. The third-order valence-electron chi connectivity index (χ3n) is 1.03. The maximum Gasteiger partial charge on any atom is 0.344 e. The van der Waals surface area contributed by atoms with E-state index in [-0.39, 0.29) is 6.03 Å². The number of aromatic nitrogens is 2. The number of amides is 1. The largest absolute Gasteiger partial charge is 0.344 e. The zero-order valence-corrected chi connectivity index (χ0v) is 5.90. The molecule has 0 saturated heterocycles. The fourth-order valence-electron chi connectivity index (χ4n) is 0.542. The number of hydrogen-bond acceptors (Lipinski definition) is 2. The van der Waals surface area contributed by atoms with Crippen molar-refractivity contribution in [2.45, 2.75) is 0 Å². The van der Waals surface area contributed by atoms with Crippen molar-refractivity contribution < 1.29 is 4.79 Å². The SMILES string of the molecule is CN(C)C(=O)n1c[c]cn1. The molecule has 1 aromatic heterocycles. The zero-order valence-electron chi connectivity index (χ0n) is 5.90. The Bertz CT molecular complexity index is 215. The van der Waals surface area contributed by atoms with Gasteiger partial charge < -0.3 is 4.90 Å². The third-order valence-corrected chi connectivity index (χ3v) is 1.03. The Hall–Kier alpha value is -1.32. The summed E-state index contributed by atoms with van der Waals surface area (Å²) < 4.78 is 1.22. The van der Waals surface area contributed by atoms with E-state index in [1.54, 1.807) is 14.1 Å². The molecule has 1 aromatic rings. The van der Waals surface area contributed by atoms with Crippen molar-refractivity contribution in [2.24, 2.45) is 0 Å². The Morgan fingerprint density at radius 2 is 2.40 bits per heavy atom. The van der Waals surface area contributed by atoms with E-state index < -0.39 is 0 Å². The molecule has 0 fully saturated rings. The summed E-state index contributed by atoms with van der Waals surface area (Å²) >= 11 is 0. The molecule has 0 aromatic carbocycles. The summed E-state index contributed by atoms with van der Waals surface area (Å²) in [5.74, 6) is 0. The van der Waals surface area contributed by atoms with Crippen LogP contribution < -0.4 is 0 Å². The van der Waals surface area contributed by atoms with Gasteiger partial charge in [-0.1, -0.05) is 0 Å². The molecule has 1 amide bonds. The van der Waals surface area contributed by atoms with Gasteiger partial charge in [0.05, 0.1) is 6.20 Å². The minimum atomic E-state index is -0.166. The van der Waals surface area contributed by atoms with Gasteiger partial charge in [-0.05, 0) is 0 Å². The molecule has 0 aliphatic rings. The van der Waals surface area contributed by atoms with Crippen LogP contribution in [0.5, 0.6) is 0 Å². The Morgan fingerprint density at radius 3 is 2.80 bits per heavy atom. The highest BCUT2D eigenvalue weighted by Crippen LogP contribution is 1.86. The van der Waals surface area contributed by atoms with Gasteiger partial charge in [-0.3, -0.25) is 0 Å². The first-order valence-electron chi connectivity index (χ1n) is 2.84. The fraction of sp³-hybridized carbons (Fsp3) is 0.333. The Balaban J connectivity index is 2.78. The van der Waals surface area contributed by atoms with Crippen molar-refractivity contribution in [3.8, 4) is 0 Å². The van der Waals surface area contributed by atoms with Gasteiger partial charge in [0.2, 0.25) is 0 Å². The summed E-state index contributed by atoms with van der Waals surface area (Å²) in [7, 11) is 3.34. The van der Waals surface area contributed by atoms with Crippen LogP contribution in [-0.4, -0.2) is 34.8 Å². The fourth-order valence-corrected chi connectivity index (χ4v) is 0.542. The molecular formula is C6H8N3O. The van der Waals surface area contributed by atoms with Gasteiger partial charge in [-0.25, -0.2) is 4.79 Å². The third kappa shape index (κ3) is 1.15. The number of rotatable bonds is 0. The van der Waals surface area contributed by atoms with Crippen molar-refractivity contribution in [1.29, 1.82) is 0 Å². The van der Waals surface area contributed by atoms with Crippen LogP contribution >= 0.6 is 0 Å². The number of hydrogen-bond donors (Lipinski definition) is 0. The lowest BCUT2D eigenvalue weighted by molar-refractivity contribution is 0.216. The molecule has 0 spiro atoms. The molecule has 1 heterocycles. The monoisotopic (exact) mass is 138 g/mol. The molecule has 53 valence electrons. The molecule has 0 bridgehead atoms. The maximum atomic E-state index is 11.0. The highest BCUT2D eigenvalue weighted by atomic mass is 16.2. The molecule has 1 rings (SSSR count). The van der Waals surface area contributed by atoms with Crippen LogP contribution in [0.25, 0.3) is 0 Å². The van der Waals surface area contributed by atoms with E-state index in [4.69, 9.17) is 0 Å². The second-order valence-electron chi connectivity index (χ2n) is 2.06. The van der Waals surface area contributed by atoms with E-state index in [1.165, 1.54) is 22.0 Å². The van der Waals surface area contributed by atoms with E-state index in [0.717, 1.165) is 0 Å². The maximum absolute atomic E-state index is 11.0. The highest BCUT2D eigenvalue weighted by molar-refractivity contribution is 5.75. The van der Waals surface area contributed by atoms with Crippen LogP contribution in [0.4, 0.5) is 4.79 Å². The number of carbonyl (C=O) groups excluding carboxylic acids is 1. The summed E-state index contributed by atoms with van der Waals surface area (Å²) in [6, 6.07) is 2.50. The summed E-state index contributed by atoms with van der Waals surface area (Å²) in [6.45, 7) is 0. The average molecular weight is 138 g/mol. The van der Waals surface area contributed by atoms with Crippen molar-refractivity contribution in [2.75, 3.05) is 14.1 Å². The van der Waals surface area contributed by atoms with E-state index in [9.17, 15) is 4.79 Å². The molecule has 4 heteroatoms. The smallest absolute Gasteiger partial charge is 0.329 e. The molecule has 4 nitrogen and oxygen atoms in total. The lowest BCUT2D eigenvalue weighted by atomic mass is 10.7. The van der Waals surface area contributed by atoms with Crippen molar-refractivity contribution in [3.05, 3.63) is 18.5 Å². The van der Waals surface area contributed by atoms with Gasteiger partial charge in [-0.15, -0.1) is 0 Å². The Morgan fingerprint density at radius 1 is 1.70 bits per heavy atom. The van der Waals surface area contributed by atoms with E-state index in [2.05, 4.69) is 11.2 Å². The van der Waals surface area contributed by atoms with Crippen LogP contribution in [0.2, 0.25) is 0 Å². The van der Waals surface area contributed by atoms with E-state index >= 15 is 0 Å². The predicted molar refractivity (Wildman–Crippen MR) is 35.5 cm³/mol. The quantitative estimate of drug-likeness (QED) is 0.514. The molecule has 0 aliphatic heterocycles. The standard InChI is InChI=1S/C6H8N3O/c1-8(2)6(10)9-5-3-4-7-9/h4-5H,1-2H3. The number of nitrogens with zero attached hydrogens (tertiary/aromatic N) is 3. The van der Waals surface area contributed by atoms with Crippen molar-refractivity contribution in [3.63, 3.8) is 0 Å². The van der Waals surface area contributed by atoms with E-state index in [1.807, 2.05) is 0 Å². The van der Waals surface area contributed by atoms with Crippen molar-refractivity contribution >= 4 is 6.03 Å². The second-order valence-corrected chi connectivity index (χ2v) is 2.06. The van der Waals surface area contributed by atoms with Crippen LogP contribution in [-0.2, 0) is 0 Å². The normalized spacial score (nSPS) is 9.40. The lowest BCUT2D eigenvalue weighted by Gasteiger charge is -2.08. The molecule has 10 heavy (non-hydrogen) atoms. The summed E-state index contributed by atoms with van der Waals surface area (Å²) in [5, 5.41) is 3.71. The molecule has 1 radical (unpaired) electrons. The summed E-state index contributed by atoms with van der Waals surface area (Å²) in [6.07, 6.45) is 2.93. The lowest BCUT2D eigenvalue weighted by Crippen LogP contribution is -2.27. The summed E-state index contributed by atoms with van der Waals surface area (Å²) in [4.78, 5) is 12.5. The molecule has 0 atom stereocenters. The van der Waals surface area contributed by atoms with Crippen LogP contribution in [0.15, 0.2) is 12.4 Å². The summed E-state index contributed by atoms with van der Waals surface area (Å²) in [5.41, 5.74) is 0. The van der Waals surface area contributed by atoms with Crippen LogP contribution in [0.3, 0.4) is 0 Å². The minimum Gasteiger partial charge on any atom is -0.329 e. The van der Waals surface area contributed by atoms with Gasteiger partial charge in [0, 0.05) is 26.4 Å². The molecular weight excluding hydrogens is 130 g/mol. The molecule has 0 aliphatic carbocycles. The van der Waals surface area contributed by atoms with E-state index in [0.29, 0.717) is 0 Å².